The first-order chi connectivity index (χ1) is 28.5. The van der Waals surface area contributed by atoms with E-state index in [0.29, 0.717) is 19.3 Å². The molecule has 0 aromatic rings. The van der Waals surface area contributed by atoms with E-state index in [9.17, 15) is 19.8 Å². The maximum atomic E-state index is 13.2. The first-order valence-corrected chi connectivity index (χ1v) is 26.3. The van der Waals surface area contributed by atoms with Crippen molar-refractivity contribution in [3.05, 3.63) is 0 Å². The summed E-state index contributed by atoms with van der Waals surface area (Å²) >= 11 is 0. The van der Waals surface area contributed by atoms with E-state index in [1.807, 2.05) is 0 Å². The zero-order valence-corrected chi connectivity index (χ0v) is 39.5. The monoisotopic (exact) mass is 822 g/mol. The van der Waals surface area contributed by atoms with Gasteiger partial charge in [0.25, 0.3) is 0 Å². The third-order valence-electron chi connectivity index (χ3n) is 12.4. The van der Waals surface area contributed by atoms with Crippen molar-refractivity contribution in [3.8, 4) is 0 Å². The number of rotatable bonds is 48. The summed E-state index contributed by atoms with van der Waals surface area (Å²) in [6.07, 6.45) is 50.2. The van der Waals surface area contributed by atoms with Gasteiger partial charge in [0.05, 0.1) is 25.2 Å². The number of amides is 1. The number of carbonyl (C=O) groups is 2. The molecule has 6 heteroatoms. The van der Waals surface area contributed by atoms with Crippen molar-refractivity contribution in [1.82, 2.24) is 5.32 Å². The third-order valence-corrected chi connectivity index (χ3v) is 12.4. The molecule has 0 aromatic carbocycles. The van der Waals surface area contributed by atoms with Gasteiger partial charge in [0.1, 0.15) is 6.10 Å². The number of aliphatic hydroxyl groups is 2. The van der Waals surface area contributed by atoms with Gasteiger partial charge in [-0.3, -0.25) is 9.59 Å². The highest BCUT2D eigenvalue weighted by molar-refractivity contribution is 5.77. The topological polar surface area (TPSA) is 95.9 Å². The first-order valence-electron chi connectivity index (χ1n) is 26.3. The Morgan fingerprint density at radius 1 is 0.431 bits per heavy atom. The van der Waals surface area contributed by atoms with Crippen LogP contribution in [0.4, 0.5) is 0 Å². The number of hydrogen-bond donors (Lipinski definition) is 3. The van der Waals surface area contributed by atoms with E-state index in [4.69, 9.17) is 4.74 Å². The molecule has 0 radical (unpaired) electrons. The SMILES string of the molecule is CCCCCCCCCCCCCCCCCC(O)C(CO)NC(=O)CC(CCCCCCCCCCCCCCC)OC(=O)CCCCCCCCCCCCC. The zero-order valence-electron chi connectivity index (χ0n) is 39.5. The second-order valence-electron chi connectivity index (χ2n) is 18.3. The molecule has 58 heavy (non-hydrogen) atoms. The lowest BCUT2D eigenvalue weighted by atomic mass is 10.0. The molecular formula is C52H103NO5. The lowest BCUT2D eigenvalue weighted by Crippen LogP contribution is -2.46. The average molecular weight is 822 g/mol. The zero-order chi connectivity index (χ0) is 42.4. The lowest BCUT2D eigenvalue weighted by molar-refractivity contribution is -0.151. The summed E-state index contributed by atoms with van der Waals surface area (Å²) in [5.41, 5.74) is 0. The van der Waals surface area contributed by atoms with E-state index in [-0.39, 0.29) is 24.9 Å². The van der Waals surface area contributed by atoms with Gasteiger partial charge in [0.15, 0.2) is 0 Å². The van der Waals surface area contributed by atoms with Crippen LogP contribution < -0.4 is 5.32 Å². The van der Waals surface area contributed by atoms with Gasteiger partial charge in [-0.05, 0) is 25.7 Å². The molecule has 6 nitrogen and oxygen atoms in total. The quantitative estimate of drug-likeness (QED) is 0.0420. The van der Waals surface area contributed by atoms with Crippen LogP contribution in [0.1, 0.15) is 297 Å². The van der Waals surface area contributed by atoms with Gasteiger partial charge in [0, 0.05) is 6.42 Å². The summed E-state index contributed by atoms with van der Waals surface area (Å²) in [4.78, 5) is 26.1. The molecule has 0 saturated carbocycles. The van der Waals surface area contributed by atoms with Crippen molar-refractivity contribution in [1.29, 1.82) is 0 Å². The largest absolute Gasteiger partial charge is 0.462 e. The maximum absolute atomic E-state index is 13.2. The number of ether oxygens (including phenoxy) is 1. The highest BCUT2D eigenvalue weighted by Gasteiger charge is 2.24. The van der Waals surface area contributed by atoms with E-state index >= 15 is 0 Å². The Bertz CT molecular complexity index is 837. The molecule has 0 heterocycles. The van der Waals surface area contributed by atoms with E-state index in [0.717, 1.165) is 44.9 Å². The predicted octanol–water partition coefficient (Wildman–Crippen LogP) is 15.6. The van der Waals surface area contributed by atoms with Crippen LogP contribution in [0.15, 0.2) is 0 Å². The van der Waals surface area contributed by atoms with Gasteiger partial charge >= 0.3 is 5.97 Å². The Morgan fingerprint density at radius 2 is 0.724 bits per heavy atom. The van der Waals surface area contributed by atoms with Crippen molar-refractivity contribution in [2.45, 2.75) is 315 Å². The molecular weight excluding hydrogens is 719 g/mol. The maximum Gasteiger partial charge on any atom is 0.306 e. The number of hydrogen-bond acceptors (Lipinski definition) is 5. The molecule has 0 saturated heterocycles. The highest BCUT2D eigenvalue weighted by atomic mass is 16.5. The number of carbonyl (C=O) groups excluding carboxylic acids is 2. The molecule has 3 unspecified atom stereocenters. The smallest absolute Gasteiger partial charge is 0.306 e. The van der Waals surface area contributed by atoms with Crippen LogP contribution in [0.25, 0.3) is 0 Å². The molecule has 1 amide bonds. The first kappa shape index (κ1) is 56.9. The normalized spacial score (nSPS) is 13.1. The van der Waals surface area contributed by atoms with Crippen LogP contribution in [0.5, 0.6) is 0 Å². The van der Waals surface area contributed by atoms with Gasteiger partial charge in [0.2, 0.25) is 5.91 Å². The summed E-state index contributed by atoms with van der Waals surface area (Å²) in [7, 11) is 0. The fourth-order valence-electron chi connectivity index (χ4n) is 8.43. The number of aliphatic hydroxyl groups excluding tert-OH is 2. The molecule has 0 aliphatic carbocycles. The van der Waals surface area contributed by atoms with Crippen LogP contribution in [-0.2, 0) is 14.3 Å². The molecule has 0 aliphatic rings. The van der Waals surface area contributed by atoms with Crippen LogP contribution in [-0.4, -0.2) is 46.9 Å². The van der Waals surface area contributed by atoms with Gasteiger partial charge < -0.3 is 20.3 Å². The second kappa shape index (κ2) is 46.9. The van der Waals surface area contributed by atoms with E-state index < -0.39 is 18.2 Å². The van der Waals surface area contributed by atoms with E-state index in [1.54, 1.807) is 0 Å². The number of nitrogens with one attached hydrogen (secondary N) is 1. The highest BCUT2D eigenvalue weighted by Crippen LogP contribution is 2.19. The molecule has 0 rings (SSSR count). The Balaban J connectivity index is 4.47. The van der Waals surface area contributed by atoms with Crippen LogP contribution >= 0.6 is 0 Å². The Hall–Kier alpha value is -1.14. The van der Waals surface area contributed by atoms with Crippen LogP contribution in [0.2, 0.25) is 0 Å². The van der Waals surface area contributed by atoms with Gasteiger partial charge in [-0.25, -0.2) is 0 Å². The minimum Gasteiger partial charge on any atom is -0.462 e. The average Bonchev–Trinajstić information content (AvgIpc) is 3.22. The van der Waals surface area contributed by atoms with E-state index in [2.05, 4.69) is 26.1 Å². The minimum absolute atomic E-state index is 0.0877. The van der Waals surface area contributed by atoms with Crippen molar-refractivity contribution >= 4 is 11.9 Å². The minimum atomic E-state index is -0.779. The molecule has 0 aromatic heterocycles. The molecule has 3 atom stereocenters. The summed E-state index contributed by atoms with van der Waals surface area (Å²) < 4.78 is 5.93. The van der Waals surface area contributed by atoms with Crippen LogP contribution in [0.3, 0.4) is 0 Å². The summed E-state index contributed by atoms with van der Waals surface area (Å²) in [6.45, 7) is 6.51. The number of unbranched alkanes of at least 4 members (excludes halogenated alkanes) is 36. The fraction of sp³-hybridized carbons (Fsp3) is 0.962. The van der Waals surface area contributed by atoms with Crippen molar-refractivity contribution < 1.29 is 24.5 Å². The molecule has 0 fully saturated rings. The summed E-state index contributed by atoms with van der Waals surface area (Å²) in [5.74, 6) is -0.452. The van der Waals surface area contributed by atoms with Gasteiger partial charge in [-0.15, -0.1) is 0 Å². The standard InChI is InChI=1S/C52H103NO5/c1-4-7-10-13-16-19-22-24-25-27-30-32-35-38-41-44-50(55)49(47-54)53-51(56)46-48(43-40-37-34-31-29-26-23-20-17-14-11-8-5-2)58-52(57)45-42-39-36-33-28-21-18-15-12-9-6-3/h48-50,54-55H,4-47H2,1-3H3,(H,53,56). The van der Waals surface area contributed by atoms with Gasteiger partial charge in [-0.1, -0.05) is 258 Å². The van der Waals surface area contributed by atoms with Crippen molar-refractivity contribution in [2.75, 3.05) is 6.61 Å². The van der Waals surface area contributed by atoms with Crippen molar-refractivity contribution in [2.24, 2.45) is 0 Å². The molecule has 0 spiro atoms. The molecule has 0 aliphatic heterocycles. The molecule has 3 N–H and O–H groups in total. The molecule has 346 valence electrons. The second-order valence-corrected chi connectivity index (χ2v) is 18.3. The Kier molecular flexibility index (Phi) is 46.0. The van der Waals surface area contributed by atoms with Crippen LogP contribution in [0, 0.1) is 0 Å². The number of esters is 1. The van der Waals surface area contributed by atoms with Crippen molar-refractivity contribution in [3.63, 3.8) is 0 Å². The molecule has 0 bridgehead atoms. The lowest BCUT2D eigenvalue weighted by Gasteiger charge is -2.24. The predicted molar refractivity (Wildman–Crippen MR) is 250 cm³/mol. The summed E-state index contributed by atoms with van der Waals surface area (Å²) in [6, 6.07) is -0.692. The van der Waals surface area contributed by atoms with Gasteiger partial charge in [-0.2, -0.15) is 0 Å². The Morgan fingerprint density at radius 3 is 1.05 bits per heavy atom. The third kappa shape index (κ3) is 41.6. The van der Waals surface area contributed by atoms with E-state index in [1.165, 1.54) is 205 Å². The Labute approximate surface area is 362 Å². The fourth-order valence-corrected chi connectivity index (χ4v) is 8.43. The summed E-state index contributed by atoms with van der Waals surface area (Å²) in [5, 5.41) is 23.8.